The number of alkyl carbamates (subject to hydrolysis) is 1. The maximum absolute atomic E-state index is 12.1. The summed E-state index contributed by atoms with van der Waals surface area (Å²) in [5.41, 5.74) is 5.65. The van der Waals surface area contributed by atoms with Gasteiger partial charge in [0.1, 0.15) is 5.60 Å². The van der Waals surface area contributed by atoms with Crippen molar-refractivity contribution >= 4 is 11.9 Å². The van der Waals surface area contributed by atoms with Gasteiger partial charge in [-0.1, -0.05) is 0 Å². The Morgan fingerprint density at radius 1 is 1.50 bits per heavy atom. The first-order valence-electron chi connectivity index (χ1n) is 6.45. The number of ether oxygens (including phenoxy) is 1. The standard InChI is InChI=1S/C13H22N4O3/c1-8(14)11(18)9(10-6-15-7-17-10)5-16-12(19)20-13(2,3)4/h6-9H,5,14H2,1-4H3,(H,15,17)(H,16,19)/t8-,9?/m0/s1. The molecular weight excluding hydrogens is 260 g/mol. The van der Waals surface area contributed by atoms with Crippen LogP contribution in [0.2, 0.25) is 0 Å². The minimum absolute atomic E-state index is 0.109. The molecule has 1 aromatic rings. The number of imidazole rings is 1. The van der Waals surface area contributed by atoms with Gasteiger partial charge in [-0.3, -0.25) is 4.79 Å². The van der Waals surface area contributed by atoms with Gasteiger partial charge in [0, 0.05) is 18.4 Å². The maximum Gasteiger partial charge on any atom is 0.407 e. The zero-order valence-corrected chi connectivity index (χ0v) is 12.3. The van der Waals surface area contributed by atoms with Crippen LogP contribution in [0.5, 0.6) is 0 Å². The van der Waals surface area contributed by atoms with Gasteiger partial charge in [-0.05, 0) is 27.7 Å². The SMILES string of the molecule is C[C@H](N)C(=O)C(CNC(=O)OC(C)(C)C)c1cnc[nH]1. The smallest absolute Gasteiger partial charge is 0.407 e. The number of hydrogen-bond donors (Lipinski definition) is 3. The number of nitrogens with two attached hydrogens (primary N) is 1. The predicted octanol–water partition coefficient (Wildman–Crippen LogP) is 0.934. The molecule has 2 atom stereocenters. The number of aromatic nitrogens is 2. The second-order valence-electron chi connectivity index (χ2n) is 5.63. The molecule has 0 aliphatic rings. The summed E-state index contributed by atoms with van der Waals surface area (Å²) in [6, 6.07) is -0.622. The van der Waals surface area contributed by atoms with Gasteiger partial charge in [-0.2, -0.15) is 0 Å². The molecular formula is C13H22N4O3. The lowest BCUT2D eigenvalue weighted by Gasteiger charge is -2.21. The third-order valence-corrected chi connectivity index (χ3v) is 2.54. The number of nitrogens with zero attached hydrogens (tertiary/aromatic N) is 1. The number of hydrogen-bond acceptors (Lipinski definition) is 5. The van der Waals surface area contributed by atoms with Crippen LogP contribution in [0.15, 0.2) is 12.5 Å². The van der Waals surface area contributed by atoms with Crippen LogP contribution in [0.3, 0.4) is 0 Å². The van der Waals surface area contributed by atoms with Crippen LogP contribution in [-0.2, 0) is 9.53 Å². The normalized spacial score (nSPS) is 14.4. The predicted molar refractivity (Wildman–Crippen MR) is 74.2 cm³/mol. The largest absolute Gasteiger partial charge is 0.444 e. The molecule has 0 aromatic carbocycles. The number of H-pyrrole nitrogens is 1. The molecule has 1 heterocycles. The van der Waals surface area contributed by atoms with Gasteiger partial charge in [-0.25, -0.2) is 9.78 Å². The van der Waals surface area contributed by atoms with Gasteiger partial charge in [-0.15, -0.1) is 0 Å². The van der Waals surface area contributed by atoms with E-state index in [9.17, 15) is 9.59 Å². The molecule has 1 unspecified atom stereocenters. The zero-order chi connectivity index (χ0) is 15.3. The van der Waals surface area contributed by atoms with E-state index in [1.54, 1.807) is 33.9 Å². The van der Waals surface area contributed by atoms with E-state index in [0.717, 1.165) is 0 Å². The molecule has 1 rings (SSSR count). The lowest BCUT2D eigenvalue weighted by Crippen LogP contribution is -2.40. The van der Waals surface area contributed by atoms with Crippen LogP contribution in [-0.4, -0.2) is 40.0 Å². The second-order valence-corrected chi connectivity index (χ2v) is 5.63. The first kappa shape index (κ1) is 16.2. The second kappa shape index (κ2) is 6.51. The molecule has 0 saturated heterocycles. The fourth-order valence-electron chi connectivity index (χ4n) is 1.64. The molecule has 7 heteroatoms. The van der Waals surface area contributed by atoms with Crippen molar-refractivity contribution in [1.29, 1.82) is 0 Å². The van der Waals surface area contributed by atoms with Crippen molar-refractivity contribution in [2.75, 3.05) is 6.54 Å². The summed E-state index contributed by atoms with van der Waals surface area (Å²) in [4.78, 5) is 30.4. The van der Waals surface area contributed by atoms with Crippen molar-refractivity contribution in [3.05, 3.63) is 18.2 Å². The van der Waals surface area contributed by atoms with Gasteiger partial charge in [0.15, 0.2) is 5.78 Å². The number of Topliss-reactive ketones (excluding diaryl/α,β-unsaturated/α-hetero) is 1. The Morgan fingerprint density at radius 3 is 2.60 bits per heavy atom. The van der Waals surface area contributed by atoms with Gasteiger partial charge in [0.2, 0.25) is 0 Å². The summed E-state index contributed by atoms with van der Waals surface area (Å²) in [7, 11) is 0. The van der Waals surface area contributed by atoms with Gasteiger partial charge in [0.05, 0.1) is 18.3 Å². The first-order valence-corrected chi connectivity index (χ1v) is 6.45. The fraction of sp³-hybridized carbons (Fsp3) is 0.615. The fourth-order valence-corrected chi connectivity index (χ4v) is 1.64. The Labute approximate surface area is 118 Å². The summed E-state index contributed by atoms with van der Waals surface area (Å²) in [6.07, 6.45) is 2.45. The van der Waals surface area contributed by atoms with Crippen LogP contribution in [0.1, 0.15) is 39.3 Å². The molecule has 0 spiro atoms. The average molecular weight is 282 g/mol. The molecule has 112 valence electrons. The number of nitrogens with one attached hydrogen (secondary N) is 2. The molecule has 4 N–H and O–H groups in total. The summed E-state index contributed by atoms with van der Waals surface area (Å²) in [5.74, 6) is -0.740. The molecule has 0 saturated carbocycles. The monoisotopic (exact) mass is 282 g/mol. The molecule has 0 bridgehead atoms. The molecule has 1 aromatic heterocycles. The summed E-state index contributed by atoms with van der Waals surface area (Å²) < 4.78 is 5.13. The van der Waals surface area contributed by atoms with Crippen LogP contribution >= 0.6 is 0 Å². The lowest BCUT2D eigenvalue weighted by atomic mass is 9.96. The minimum atomic E-state index is -0.622. The summed E-state index contributed by atoms with van der Waals surface area (Å²) >= 11 is 0. The molecule has 7 nitrogen and oxygen atoms in total. The zero-order valence-electron chi connectivity index (χ0n) is 12.3. The molecule has 0 fully saturated rings. The van der Waals surface area contributed by atoms with Crippen molar-refractivity contribution in [3.63, 3.8) is 0 Å². The Kier molecular flexibility index (Phi) is 5.26. The van der Waals surface area contributed by atoms with E-state index in [1.165, 1.54) is 6.33 Å². The number of amides is 1. The van der Waals surface area contributed by atoms with Crippen LogP contribution in [0.25, 0.3) is 0 Å². The van der Waals surface area contributed by atoms with Crippen molar-refractivity contribution < 1.29 is 14.3 Å². The quantitative estimate of drug-likeness (QED) is 0.744. The lowest BCUT2D eigenvalue weighted by molar-refractivity contribution is -0.121. The van der Waals surface area contributed by atoms with Crippen LogP contribution in [0.4, 0.5) is 4.79 Å². The highest BCUT2D eigenvalue weighted by Crippen LogP contribution is 2.15. The van der Waals surface area contributed by atoms with E-state index < -0.39 is 23.7 Å². The van der Waals surface area contributed by atoms with Crippen molar-refractivity contribution in [3.8, 4) is 0 Å². The van der Waals surface area contributed by atoms with E-state index in [0.29, 0.717) is 5.69 Å². The van der Waals surface area contributed by atoms with Gasteiger partial charge >= 0.3 is 6.09 Å². The minimum Gasteiger partial charge on any atom is -0.444 e. The highest BCUT2D eigenvalue weighted by atomic mass is 16.6. The molecule has 0 radical (unpaired) electrons. The maximum atomic E-state index is 12.1. The number of carbonyl (C=O) groups excluding carboxylic acids is 2. The number of aromatic amines is 1. The molecule has 1 amide bonds. The van der Waals surface area contributed by atoms with E-state index in [1.807, 2.05) is 0 Å². The van der Waals surface area contributed by atoms with E-state index in [2.05, 4.69) is 15.3 Å². The molecule has 0 aliphatic carbocycles. The Hall–Kier alpha value is -1.89. The Bertz CT molecular complexity index is 449. The third-order valence-electron chi connectivity index (χ3n) is 2.54. The number of carbonyl (C=O) groups is 2. The highest BCUT2D eigenvalue weighted by Gasteiger charge is 2.26. The van der Waals surface area contributed by atoms with Crippen LogP contribution in [0, 0.1) is 0 Å². The number of rotatable bonds is 5. The van der Waals surface area contributed by atoms with Crippen molar-refractivity contribution in [1.82, 2.24) is 15.3 Å². The van der Waals surface area contributed by atoms with E-state index in [4.69, 9.17) is 10.5 Å². The Morgan fingerprint density at radius 2 is 2.15 bits per heavy atom. The molecule has 0 aliphatic heterocycles. The third kappa shape index (κ3) is 5.00. The van der Waals surface area contributed by atoms with Crippen molar-refractivity contribution in [2.24, 2.45) is 5.73 Å². The van der Waals surface area contributed by atoms with E-state index in [-0.39, 0.29) is 12.3 Å². The van der Waals surface area contributed by atoms with Gasteiger partial charge in [0.25, 0.3) is 0 Å². The Balaban J connectivity index is 2.68. The van der Waals surface area contributed by atoms with Gasteiger partial charge < -0.3 is 20.8 Å². The topological polar surface area (TPSA) is 110 Å². The number of ketones is 1. The summed E-state index contributed by atoms with van der Waals surface area (Å²) in [5, 5.41) is 2.58. The first-order chi connectivity index (χ1) is 9.20. The average Bonchev–Trinajstić information content (AvgIpc) is 2.80. The van der Waals surface area contributed by atoms with E-state index >= 15 is 0 Å². The molecule has 20 heavy (non-hydrogen) atoms. The summed E-state index contributed by atoms with van der Waals surface area (Å²) in [6.45, 7) is 7.03. The van der Waals surface area contributed by atoms with Crippen molar-refractivity contribution in [2.45, 2.75) is 45.3 Å². The van der Waals surface area contributed by atoms with Crippen LogP contribution < -0.4 is 11.1 Å². The highest BCUT2D eigenvalue weighted by molar-refractivity contribution is 5.90.